The molecule has 21 heavy (non-hydrogen) atoms. The number of ether oxygens (including phenoxy) is 1. The summed E-state index contributed by atoms with van der Waals surface area (Å²) in [5.41, 5.74) is 1.30. The van der Waals surface area contributed by atoms with Crippen LogP contribution in [-0.4, -0.2) is 35.3 Å². The van der Waals surface area contributed by atoms with Gasteiger partial charge in [0.15, 0.2) is 0 Å². The van der Waals surface area contributed by atoms with E-state index in [1.807, 2.05) is 0 Å². The van der Waals surface area contributed by atoms with Crippen LogP contribution in [0.15, 0.2) is 18.2 Å². The molecule has 3 rings (SSSR count). The Bertz CT molecular complexity index is 532. The van der Waals surface area contributed by atoms with E-state index in [1.54, 1.807) is 12.1 Å². The van der Waals surface area contributed by atoms with Crippen molar-refractivity contribution < 1.29 is 14.8 Å². The van der Waals surface area contributed by atoms with Crippen LogP contribution in [0, 0.1) is 10.1 Å². The Morgan fingerprint density at radius 1 is 1.38 bits per heavy atom. The predicted molar refractivity (Wildman–Crippen MR) is 78.4 cm³/mol. The molecule has 1 aromatic carbocycles. The minimum Gasteiger partial charge on any atom is -0.391 e. The number of hydrogen-bond acceptors (Lipinski definition) is 5. The number of nitro groups is 1. The Kier molecular flexibility index (Phi) is 4.07. The number of fused-ring (bicyclic) bond motifs is 1. The van der Waals surface area contributed by atoms with Crippen molar-refractivity contribution in [3.8, 4) is 0 Å². The van der Waals surface area contributed by atoms with Gasteiger partial charge in [-0.3, -0.25) is 10.1 Å². The van der Waals surface area contributed by atoms with Crippen molar-refractivity contribution in [1.29, 1.82) is 0 Å². The fourth-order valence-corrected chi connectivity index (χ4v) is 3.47. The zero-order valence-electron chi connectivity index (χ0n) is 11.9. The first-order valence-corrected chi connectivity index (χ1v) is 7.47. The lowest BCUT2D eigenvalue weighted by Crippen LogP contribution is -2.52. The van der Waals surface area contributed by atoms with E-state index in [2.05, 4.69) is 4.90 Å². The standard InChI is InChI=1S/C15H20N2O4/c18-10-11-9-12(5-6-13(11)17(19)20)16-7-8-21-15-4-2-1-3-14(15)16/h5-6,9,14-15,18H,1-4,7-8,10H2. The third kappa shape index (κ3) is 2.73. The maximum Gasteiger partial charge on any atom is 0.275 e. The number of anilines is 1. The second kappa shape index (κ2) is 5.99. The molecule has 2 fully saturated rings. The number of nitrogens with zero attached hydrogens (tertiary/aromatic N) is 2. The summed E-state index contributed by atoms with van der Waals surface area (Å²) in [4.78, 5) is 12.8. The molecule has 2 aliphatic rings. The van der Waals surface area contributed by atoms with Crippen LogP contribution in [0.2, 0.25) is 0 Å². The van der Waals surface area contributed by atoms with Gasteiger partial charge in [-0.15, -0.1) is 0 Å². The second-order valence-electron chi connectivity index (χ2n) is 5.68. The van der Waals surface area contributed by atoms with E-state index in [9.17, 15) is 15.2 Å². The van der Waals surface area contributed by atoms with E-state index in [1.165, 1.54) is 18.9 Å². The highest BCUT2D eigenvalue weighted by molar-refractivity contribution is 5.56. The van der Waals surface area contributed by atoms with Gasteiger partial charge in [0.25, 0.3) is 5.69 Å². The highest BCUT2D eigenvalue weighted by atomic mass is 16.6. The van der Waals surface area contributed by atoms with E-state index < -0.39 is 4.92 Å². The summed E-state index contributed by atoms with van der Waals surface area (Å²) in [6, 6.07) is 5.37. The van der Waals surface area contributed by atoms with Gasteiger partial charge in [0, 0.05) is 18.3 Å². The van der Waals surface area contributed by atoms with Gasteiger partial charge >= 0.3 is 0 Å². The Labute approximate surface area is 123 Å². The normalized spacial score (nSPS) is 25.5. The molecule has 0 spiro atoms. The van der Waals surface area contributed by atoms with Crippen molar-refractivity contribution in [3.63, 3.8) is 0 Å². The van der Waals surface area contributed by atoms with Crippen LogP contribution >= 0.6 is 0 Å². The molecule has 2 atom stereocenters. The number of benzene rings is 1. The van der Waals surface area contributed by atoms with Gasteiger partial charge in [0.2, 0.25) is 0 Å². The van der Waals surface area contributed by atoms with Crippen molar-refractivity contribution in [3.05, 3.63) is 33.9 Å². The molecule has 2 unspecified atom stereocenters. The Morgan fingerprint density at radius 2 is 2.19 bits per heavy atom. The summed E-state index contributed by atoms with van der Waals surface area (Å²) in [7, 11) is 0. The lowest BCUT2D eigenvalue weighted by molar-refractivity contribution is -0.385. The Balaban J connectivity index is 1.90. The molecule has 1 saturated heterocycles. The van der Waals surface area contributed by atoms with E-state index in [4.69, 9.17) is 4.74 Å². The number of aliphatic hydroxyl groups excluding tert-OH is 1. The molecule has 1 aliphatic carbocycles. The van der Waals surface area contributed by atoms with E-state index >= 15 is 0 Å². The van der Waals surface area contributed by atoms with Crippen LogP contribution in [-0.2, 0) is 11.3 Å². The Hall–Kier alpha value is -1.66. The van der Waals surface area contributed by atoms with E-state index in [-0.39, 0.29) is 18.4 Å². The minimum atomic E-state index is -0.446. The average Bonchev–Trinajstić information content (AvgIpc) is 2.53. The maximum absolute atomic E-state index is 11.0. The number of nitro benzene ring substituents is 1. The van der Waals surface area contributed by atoms with Gasteiger partial charge in [0.1, 0.15) is 0 Å². The third-order valence-electron chi connectivity index (χ3n) is 4.49. The van der Waals surface area contributed by atoms with Crippen LogP contribution in [0.25, 0.3) is 0 Å². The molecule has 0 amide bonds. The van der Waals surface area contributed by atoms with Crippen LogP contribution in [0.3, 0.4) is 0 Å². The van der Waals surface area contributed by atoms with Gasteiger partial charge in [-0.25, -0.2) is 0 Å². The summed E-state index contributed by atoms with van der Waals surface area (Å²) in [6.45, 7) is 1.17. The zero-order chi connectivity index (χ0) is 14.8. The fourth-order valence-electron chi connectivity index (χ4n) is 3.47. The van der Waals surface area contributed by atoms with Crippen molar-refractivity contribution in [2.75, 3.05) is 18.1 Å². The fraction of sp³-hybridized carbons (Fsp3) is 0.600. The summed E-state index contributed by atoms with van der Waals surface area (Å²) in [5, 5.41) is 20.3. The molecule has 114 valence electrons. The SMILES string of the molecule is O=[N+]([O-])c1ccc(N2CCOC3CCCCC32)cc1CO. The highest BCUT2D eigenvalue weighted by Crippen LogP contribution is 2.33. The maximum atomic E-state index is 11.0. The molecule has 1 aromatic rings. The van der Waals surface area contributed by atoms with Crippen LogP contribution in [0.1, 0.15) is 31.2 Å². The highest BCUT2D eigenvalue weighted by Gasteiger charge is 2.34. The molecule has 0 bridgehead atoms. The Morgan fingerprint density at radius 3 is 2.95 bits per heavy atom. The first kappa shape index (κ1) is 14.3. The molecule has 6 heteroatoms. The van der Waals surface area contributed by atoms with Gasteiger partial charge in [-0.2, -0.15) is 0 Å². The topological polar surface area (TPSA) is 75.8 Å². The second-order valence-corrected chi connectivity index (χ2v) is 5.68. The van der Waals surface area contributed by atoms with Crippen LogP contribution in [0.5, 0.6) is 0 Å². The first-order chi connectivity index (χ1) is 10.2. The lowest BCUT2D eigenvalue weighted by Gasteiger charge is -2.45. The minimum absolute atomic E-state index is 0.0188. The van der Waals surface area contributed by atoms with Gasteiger partial charge in [0.05, 0.1) is 35.8 Å². The van der Waals surface area contributed by atoms with Crippen LogP contribution < -0.4 is 4.90 Å². The third-order valence-corrected chi connectivity index (χ3v) is 4.49. The molecule has 6 nitrogen and oxygen atoms in total. The molecule has 1 heterocycles. The molecule has 0 aromatic heterocycles. The van der Waals surface area contributed by atoms with Gasteiger partial charge in [-0.1, -0.05) is 12.8 Å². The summed E-state index contributed by atoms with van der Waals surface area (Å²) >= 11 is 0. The van der Waals surface area contributed by atoms with Crippen molar-refractivity contribution in [2.45, 2.75) is 44.4 Å². The van der Waals surface area contributed by atoms with Gasteiger partial charge < -0.3 is 14.7 Å². The van der Waals surface area contributed by atoms with E-state index in [0.29, 0.717) is 18.2 Å². The molecular weight excluding hydrogens is 272 g/mol. The largest absolute Gasteiger partial charge is 0.391 e. The van der Waals surface area contributed by atoms with Crippen molar-refractivity contribution in [2.24, 2.45) is 0 Å². The quantitative estimate of drug-likeness (QED) is 0.683. The number of aliphatic hydroxyl groups is 1. The molecule has 0 radical (unpaired) electrons. The lowest BCUT2D eigenvalue weighted by atomic mass is 9.89. The van der Waals surface area contributed by atoms with Crippen molar-refractivity contribution in [1.82, 2.24) is 0 Å². The molecular formula is C15H20N2O4. The molecule has 1 aliphatic heterocycles. The summed E-state index contributed by atoms with van der Waals surface area (Å²) in [6.07, 6.45) is 4.84. The summed E-state index contributed by atoms with van der Waals surface area (Å²) < 4.78 is 5.85. The first-order valence-electron chi connectivity index (χ1n) is 7.47. The number of rotatable bonds is 3. The van der Waals surface area contributed by atoms with E-state index in [0.717, 1.165) is 25.1 Å². The van der Waals surface area contributed by atoms with Crippen molar-refractivity contribution >= 4 is 11.4 Å². The monoisotopic (exact) mass is 292 g/mol. The van der Waals surface area contributed by atoms with Gasteiger partial charge in [-0.05, 0) is 25.0 Å². The molecule has 1 saturated carbocycles. The smallest absolute Gasteiger partial charge is 0.275 e. The summed E-state index contributed by atoms with van der Waals surface area (Å²) in [5.74, 6) is 0. The van der Waals surface area contributed by atoms with Crippen LogP contribution in [0.4, 0.5) is 11.4 Å². The predicted octanol–water partition coefficient (Wildman–Crippen LogP) is 2.23. The number of morpholine rings is 1. The zero-order valence-corrected chi connectivity index (χ0v) is 11.9. The average molecular weight is 292 g/mol. The number of hydrogen-bond donors (Lipinski definition) is 1. The molecule has 1 N–H and O–H groups in total.